The molecule has 17 heavy (non-hydrogen) atoms. The summed E-state index contributed by atoms with van der Waals surface area (Å²) >= 11 is 0. The summed E-state index contributed by atoms with van der Waals surface area (Å²) < 4.78 is 0. The lowest BCUT2D eigenvalue weighted by molar-refractivity contribution is 0.256. The van der Waals surface area contributed by atoms with Crippen LogP contribution >= 0.6 is 0 Å². The number of nitrogens with two attached hydrogens (primary N) is 2. The predicted molar refractivity (Wildman–Crippen MR) is 70.7 cm³/mol. The Bertz CT molecular complexity index is 189. The summed E-state index contributed by atoms with van der Waals surface area (Å²) in [5, 5.41) is 3.86. The molecule has 2 fully saturated rings. The van der Waals surface area contributed by atoms with Crippen molar-refractivity contribution in [3.8, 4) is 0 Å². The first-order valence-corrected chi connectivity index (χ1v) is 6.99. The first kappa shape index (κ1) is 14.3. The van der Waals surface area contributed by atoms with Crippen molar-refractivity contribution in [1.29, 1.82) is 0 Å². The molecule has 100 valence electrons. The molecular formula is C13H27N3O. The number of hydrogen-bond acceptors (Lipinski definition) is 2. The highest BCUT2D eigenvalue weighted by Gasteiger charge is 2.19. The molecule has 0 aromatic carbocycles. The molecule has 0 saturated heterocycles. The van der Waals surface area contributed by atoms with Crippen LogP contribution in [-0.4, -0.2) is 18.1 Å². The molecule has 2 aliphatic rings. The molecule has 2 rings (SSSR count). The fraction of sp³-hybridized carbons (Fsp3) is 0.923. The molecule has 0 aromatic heterocycles. The lowest BCUT2D eigenvalue weighted by atomic mass is 9.91. The van der Waals surface area contributed by atoms with Gasteiger partial charge in [-0.2, -0.15) is 0 Å². The van der Waals surface area contributed by atoms with Gasteiger partial charge in [-0.3, -0.25) is 0 Å². The van der Waals surface area contributed by atoms with Gasteiger partial charge in [-0.25, -0.2) is 4.79 Å². The van der Waals surface area contributed by atoms with E-state index in [1.165, 1.54) is 64.2 Å². The van der Waals surface area contributed by atoms with Crippen molar-refractivity contribution in [2.24, 2.45) is 11.5 Å². The van der Waals surface area contributed by atoms with Crippen LogP contribution in [0.2, 0.25) is 0 Å². The van der Waals surface area contributed by atoms with Crippen LogP contribution in [0.5, 0.6) is 0 Å². The maximum absolute atomic E-state index is 9.00. The van der Waals surface area contributed by atoms with E-state index in [4.69, 9.17) is 4.79 Å². The Balaban J connectivity index is 0.000000317. The molecule has 0 atom stereocenters. The van der Waals surface area contributed by atoms with Gasteiger partial charge in [-0.05, 0) is 25.7 Å². The van der Waals surface area contributed by atoms with E-state index in [0.717, 1.165) is 12.1 Å². The smallest absolute Gasteiger partial charge is 0.309 e. The lowest BCUT2D eigenvalue weighted by Gasteiger charge is -2.30. The van der Waals surface area contributed by atoms with Gasteiger partial charge < -0.3 is 16.8 Å². The Morgan fingerprint density at radius 1 is 0.765 bits per heavy atom. The highest BCUT2D eigenvalue weighted by Crippen LogP contribution is 2.22. The summed E-state index contributed by atoms with van der Waals surface area (Å²) in [5.74, 6) is 0. The highest BCUT2D eigenvalue weighted by molar-refractivity contribution is 5.69. The average molecular weight is 241 g/mol. The molecule has 0 radical (unpaired) electrons. The molecule has 0 unspecified atom stereocenters. The molecule has 0 heterocycles. The van der Waals surface area contributed by atoms with Gasteiger partial charge in [-0.1, -0.05) is 38.5 Å². The fourth-order valence-corrected chi connectivity index (χ4v) is 2.87. The van der Waals surface area contributed by atoms with Gasteiger partial charge in [0.25, 0.3) is 0 Å². The van der Waals surface area contributed by atoms with Gasteiger partial charge in [0.1, 0.15) is 0 Å². The normalized spacial score (nSPS) is 22.6. The number of carbonyl (C=O) groups excluding carboxylic acids is 1. The Morgan fingerprint density at radius 3 is 1.35 bits per heavy atom. The third kappa shape index (κ3) is 7.21. The summed E-state index contributed by atoms with van der Waals surface area (Å²) in [6.45, 7) is 0. The maximum atomic E-state index is 9.00. The molecule has 2 aliphatic carbocycles. The van der Waals surface area contributed by atoms with Crippen molar-refractivity contribution in [1.82, 2.24) is 5.32 Å². The number of amides is 2. The van der Waals surface area contributed by atoms with Crippen LogP contribution in [0.1, 0.15) is 64.2 Å². The van der Waals surface area contributed by atoms with Crippen molar-refractivity contribution in [2.45, 2.75) is 76.3 Å². The van der Waals surface area contributed by atoms with Gasteiger partial charge in [0.2, 0.25) is 0 Å². The molecule has 0 aliphatic heterocycles. The Hall–Kier alpha value is -0.770. The van der Waals surface area contributed by atoms with E-state index >= 15 is 0 Å². The molecule has 0 aromatic rings. The van der Waals surface area contributed by atoms with Crippen LogP contribution in [0, 0.1) is 0 Å². The topological polar surface area (TPSA) is 81.1 Å². The zero-order chi connectivity index (χ0) is 12.5. The number of nitrogens with one attached hydrogen (secondary N) is 1. The van der Waals surface area contributed by atoms with Crippen LogP contribution in [-0.2, 0) is 0 Å². The molecule has 0 spiro atoms. The second kappa shape index (κ2) is 8.34. The SMILES string of the molecule is C1CCC(NC2CCCCC2)CC1.NC(N)=O. The van der Waals surface area contributed by atoms with Crippen molar-refractivity contribution in [2.75, 3.05) is 0 Å². The van der Waals surface area contributed by atoms with Gasteiger partial charge in [0.05, 0.1) is 0 Å². The van der Waals surface area contributed by atoms with Crippen molar-refractivity contribution in [3.05, 3.63) is 0 Å². The van der Waals surface area contributed by atoms with E-state index < -0.39 is 6.03 Å². The lowest BCUT2D eigenvalue weighted by Crippen LogP contribution is -2.40. The Labute approximate surface area is 105 Å². The summed E-state index contributed by atoms with van der Waals surface area (Å²) in [6.07, 6.45) is 14.6. The minimum absolute atomic E-state index is 0.833. The fourth-order valence-electron chi connectivity index (χ4n) is 2.87. The minimum atomic E-state index is -0.833. The van der Waals surface area contributed by atoms with Crippen molar-refractivity contribution in [3.63, 3.8) is 0 Å². The van der Waals surface area contributed by atoms with E-state index in [2.05, 4.69) is 16.8 Å². The van der Waals surface area contributed by atoms with Crippen LogP contribution in [0.15, 0.2) is 0 Å². The average Bonchev–Trinajstić information content (AvgIpc) is 2.31. The second-order valence-electron chi connectivity index (χ2n) is 5.24. The van der Waals surface area contributed by atoms with E-state index in [1.807, 2.05) is 0 Å². The second-order valence-corrected chi connectivity index (χ2v) is 5.24. The van der Waals surface area contributed by atoms with Gasteiger partial charge in [0, 0.05) is 12.1 Å². The molecule has 0 bridgehead atoms. The van der Waals surface area contributed by atoms with Crippen molar-refractivity contribution < 1.29 is 4.79 Å². The minimum Gasteiger partial charge on any atom is -0.352 e. The van der Waals surface area contributed by atoms with Crippen LogP contribution < -0.4 is 16.8 Å². The number of primary amides is 2. The summed E-state index contributed by atoms with van der Waals surface area (Å²) in [4.78, 5) is 9.00. The number of carbonyl (C=O) groups is 1. The zero-order valence-electron chi connectivity index (χ0n) is 10.8. The summed E-state index contributed by atoms with van der Waals surface area (Å²) in [7, 11) is 0. The molecular weight excluding hydrogens is 214 g/mol. The third-order valence-corrected chi connectivity index (χ3v) is 3.68. The van der Waals surface area contributed by atoms with E-state index in [1.54, 1.807) is 0 Å². The molecule has 4 heteroatoms. The quantitative estimate of drug-likeness (QED) is 0.693. The van der Waals surface area contributed by atoms with E-state index in [-0.39, 0.29) is 0 Å². The molecule has 2 saturated carbocycles. The number of urea groups is 1. The van der Waals surface area contributed by atoms with Gasteiger partial charge in [-0.15, -0.1) is 0 Å². The first-order chi connectivity index (χ1) is 8.18. The number of rotatable bonds is 2. The molecule has 5 N–H and O–H groups in total. The monoisotopic (exact) mass is 241 g/mol. The highest BCUT2D eigenvalue weighted by atomic mass is 16.2. The predicted octanol–water partition coefficient (Wildman–Crippen LogP) is 2.27. The van der Waals surface area contributed by atoms with E-state index in [9.17, 15) is 0 Å². The zero-order valence-corrected chi connectivity index (χ0v) is 10.8. The maximum Gasteiger partial charge on any atom is 0.309 e. The van der Waals surface area contributed by atoms with Crippen LogP contribution in [0.3, 0.4) is 0 Å². The van der Waals surface area contributed by atoms with E-state index in [0.29, 0.717) is 0 Å². The Morgan fingerprint density at radius 2 is 1.06 bits per heavy atom. The van der Waals surface area contributed by atoms with Gasteiger partial charge in [0.15, 0.2) is 0 Å². The number of hydrogen-bond donors (Lipinski definition) is 3. The Kier molecular flexibility index (Phi) is 7.01. The van der Waals surface area contributed by atoms with Gasteiger partial charge >= 0.3 is 6.03 Å². The molecule has 4 nitrogen and oxygen atoms in total. The standard InChI is InChI=1S/C12H23N.CH4N2O/c1-3-7-11(8-4-1)13-12-9-5-2-6-10-12;2-1(3)4/h11-13H,1-10H2;(H4,2,3,4). The van der Waals surface area contributed by atoms with Crippen LogP contribution in [0.4, 0.5) is 4.79 Å². The van der Waals surface area contributed by atoms with Crippen molar-refractivity contribution >= 4 is 6.03 Å². The summed E-state index contributed by atoms with van der Waals surface area (Å²) in [5.41, 5.74) is 8.50. The summed E-state index contributed by atoms with van der Waals surface area (Å²) in [6, 6.07) is 0.911. The largest absolute Gasteiger partial charge is 0.352 e. The van der Waals surface area contributed by atoms with Crippen LogP contribution in [0.25, 0.3) is 0 Å². The first-order valence-electron chi connectivity index (χ1n) is 6.99. The molecule has 2 amide bonds. The third-order valence-electron chi connectivity index (χ3n) is 3.68.